The van der Waals surface area contributed by atoms with Crippen LogP contribution in [0.3, 0.4) is 0 Å². The standard InChI is InChI=1S/C18H25NO8/c1-4-19(17(20)26-12-27-18(21)23-8-7-22-3)13(2)9-14-5-6-15-16(10-14)25-11-24-15/h5-6,10,13H,4,7-9,11-12H2,1-3H3. The smallest absolute Gasteiger partial charge is 0.454 e. The summed E-state index contributed by atoms with van der Waals surface area (Å²) < 4.78 is 29.8. The molecule has 9 heteroatoms. The quantitative estimate of drug-likeness (QED) is 0.365. The van der Waals surface area contributed by atoms with Crippen molar-refractivity contribution in [2.24, 2.45) is 0 Å². The molecule has 27 heavy (non-hydrogen) atoms. The van der Waals surface area contributed by atoms with Gasteiger partial charge in [0.2, 0.25) is 13.6 Å². The van der Waals surface area contributed by atoms with Crippen LogP contribution in [0, 0.1) is 0 Å². The molecule has 0 fully saturated rings. The molecule has 0 aromatic heterocycles. The maximum atomic E-state index is 12.2. The Balaban J connectivity index is 1.78. The van der Waals surface area contributed by atoms with Gasteiger partial charge in [-0.2, -0.15) is 0 Å². The molecule has 1 atom stereocenters. The van der Waals surface area contributed by atoms with E-state index in [4.69, 9.17) is 23.7 Å². The highest BCUT2D eigenvalue weighted by atomic mass is 16.8. The van der Waals surface area contributed by atoms with Gasteiger partial charge in [-0.1, -0.05) is 6.07 Å². The number of methoxy groups -OCH3 is 1. The fourth-order valence-corrected chi connectivity index (χ4v) is 2.60. The average Bonchev–Trinajstić information content (AvgIpc) is 3.10. The van der Waals surface area contributed by atoms with Crippen molar-refractivity contribution in [1.82, 2.24) is 4.90 Å². The molecule has 150 valence electrons. The molecular weight excluding hydrogens is 358 g/mol. The van der Waals surface area contributed by atoms with E-state index in [1.807, 2.05) is 32.0 Å². The SMILES string of the molecule is CCN(C(=O)OCOC(=O)OCCOC)C(C)Cc1ccc2c(c1)OCO2. The van der Waals surface area contributed by atoms with Crippen LogP contribution < -0.4 is 9.47 Å². The van der Waals surface area contributed by atoms with Gasteiger partial charge in [-0.15, -0.1) is 0 Å². The van der Waals surface area contributed by atoms with Crippen molar-refractivity contribution in [1.29, 1.82) is 0 Å². The van der Waals surface area contributed by atoms with Crippen LogP contribution in [-0.4, -0.2) is 63.6 Å². The molecule has 1 heterocycles. The number of carbonyl (C=O) groups excluding carboxylic acids is 2. The summed E-state index contributed by atoms with van der Waals surface area (Å²) in [5, 5.41) is 0. The molecule has 0 spiro atoms. The van der Waals surface area contributed by atoms with E-state index in [1.54, 1.807) is 4.90 Å². The van der Waals surface area contributed by atoms with Gasteiger partial charge in [-0.3, -0.25) is 0 Å². The Bertz CT molecular complexity index is 636. The summed E-state index contributed by atoms with van der Waals surface area (Å²) in [5.41, 5.74) is 1.01. The number of hydrogen-bond acceptors (Lipinski definition) is 8. The molecule has 1 aromatic carbocycles. The number of nitrogens with zero attached hydrogens (tertiary/aromatic N) is 1. The molecule has 0 bridgehead atoms. The Morgan fingerprint density at radius 2 is 1.93 bits per heavy atom. The lowest BCUT2D eigenvalue weighted by Crippen LogP contribution is -2.40. The summed E-state index contributed by atoms with van der Waals surface area (Å²) in [6.45, 7) is 4.23. The summed E-state index contributed by atoms with van der Waals surface area (Å²) >= 11 is 0. The van der Waals surface area contributed by atoms with Crippen LogP contribution in [0.4, 0.5) is 9.59 Å². The van der Waals surface area contributed by atoms with Crippen molar-refractivity contribution in [2.75, 3.05) is 40.5 Å². The average molecular weight is 383 g/mol. The number of ether oxygens (including phenoxy) is 6. The molecule has 1 amide bonds. The molecule has 0 radical (unpaired) electrons. The third-order valence-electron chi connectivity index (χ3n) is 3.94. The first kappa shape index (κ1) is 20.6. The number of fused-ring (bicyclic) bond motifs is 1. The largest absolute Gasteiger partial charge is 0.511 e. The van der Waals surface area contributed by atoms with E-state index in [-0.39, 0.29) is 26.0 Å². The number of amides is 1. The lowest BCUT2D eigenvalue weighted by atomic mass is 10.1. The number of carbonyl (C=O) groups is 2. The summed E-state index contributed by atoms with van der Waals surface area (Å²) in [6.07, 6.45) is -0.883. The number of hydrogen-bond donors (Lipinski definition) is 0. The summed E-state index contributed by atoms with van der Waals surface area (Å²) in [7, 11) is 1.49. The van der Waals surface area contributed by atoms with Gasteiger partial charge in [0.15, 0.2) is 11.5 Å². The van der Waals surface area contributed by atoms with Crippen molar-refractivity contribution in [3.05, 3.63) is 23.8 Å². The van der Waals surface area contributed by atoms with Crippen molar-refractivity contribution < 1.29 is 38.0 Å². The van der Waals surface area contributed by atoms with Crippen LogP contribution in [0.1, 0.15) is 19.4 Å². The van der Waals surface area contributed by atoms with Gasteiger partial charge in [0.25, 0.3) is 0 Å². The van der Waals surface area contributed by atoms with E-state index in [0.29, 0.717) is 24.5 Å². The molecular formula is C18H25NO8. The van der Waals surface area contributed by atoms with Gasteiger partial charge < -0.3 is 33.3 Å². The minimum atomic E-state index is -0.920. The van der Waals surface area contributed by atoms with Gasteiger partial charge in [0.1, 0.15) is 6.61 Å². The van der Waals surface area contributed by atoms with Crippen LogP contribution in [0.15, 0.2) is 18.2 Å². The highest BCUT2D eigenvalue weighted by Crippen LogP contribution is 2.33. The maximum Gasteiger partial charge on any atom is 0.511 e. The van der Waals surface area contributed by atoms with Crippen LogP contribution in [0.5, 0.6) is 11.5 Å². The van der Waals surface area contributed by atoms with E-state index in [2.05, 4.69) is 4.74 Å². The topological polar surface area (TPSA) is 92.8 Å². The monoisotopic (exact) mass is 383 g/mol. The van der Waals surface area contributed by atoms with E-state index in [0.717, 1.165) is 5.56 Å². The van der Waals surface area contributed by atoms with Crippen molar-refractivity contribution in [3.8, 4) is 11.5 Å². The molecule has 1 aliphatic heterocycles. The lowest BCUT2D eigenvalue weighted by molar-refractivity contribution is -0.0307. The highest BCUT2D eigenvalue weighted by molar-refractivity contribution is 5.68. The van der Waals surface area contributed by atoms with Crippen LogP contribution >= 0.6 is 0 Å². The predicted molar refractivity (Wildman–Crippen MR) is 93.8 cm³/mol. The first-order valence-corrected chi connectivity index (χ1v) is 8.65. The third kappa shape index (κ3) is 6.21. The van der Waals surface area contributed by atoms with Crippen LogP contribution in [-0.2, 0) is 25.4 Å². The fraction of sp³-hybridized carbons (Fsp3) is 0.556. The Morgan fingerprint density at radius 3 is 2.67 bits per heavy atom. The zero-order valence-corrected chi connectivity index (χ0v) is 15.8. The number of benzene rings is 1. The zero-order chi connectivity index (χ0) is 19.6. The van der Waals surface area contributed by atoms with E-state index < -0.39 is 19.0 Å². The molecule has 2 rings (SSSR count). The maximum absolute atomic E-state index is 12.2. The fourth-order valence-electron chi connectivity index (χ4n) is 2.60. The Hall–Kier alpha value is -2.68. The number of rotatable bonds is 9. The van der Waals surface area contributed by atoms with E-state index in [1.165, 1.54) is 7.11 Å². The molecule has 0 N–H and O–H groups in total. The highest BCUT2D eigenvalue weighted by Gasteiger charge is 2.22. The molecule has 0 aliphatic carbocycles. The van der Waals surface area contributed by atoms with Crippen molar-refractivity contribution in [2.45, 2.75) is 26.3 Å². The predicted octanol–water partition coefficient (Wildman–Crippen LogP) is 2.56. The zero-order valence-electron chi connectivity index (χ0n) is 15.8. The summed E-state index contributed by atoms with van der Waals surface area (Å²) in [5.74, 6) is 1.42. The van der Waals surface area contributed by atoms with E-state index >= 15 is 0 Å². The molecule has 0 saturated heterocycles. The first-order valence-electron chi connectivity index (χ1n) is 8.65. The van der Waals surface area contributed by atoms with Crippen LogP contribution in [0.25, 0.3) is 0 Å². The van der Waals surface area contributed by atoms with Gasteiger partial charge in [0, 0.05) is 19.7 Å². The second-order valence-electron chi connectivity index (χ2n) is 5.79. The molecule has 1 aromatic rings. The first-order chi connectivity index (χ1) is 13.0. The minimum absolute atomic E-state index is 0.0664. The second kappa shape index (κ2) is 10.5. The minimum Gasteiger partial charge on any atom is -0.454 e. The lowest BCUT2D eigenvalue weighted by Gasteiger charge is -2.27. The van der Waals surface area contributed by atoms with Crippen molar-refractivity contribution >= 4 is 12.2 Å². The molecule has 0 saturated carbocycles. The number of likely N-dealkylation sites (N-methyl/N-ethyl adjacent to an activating group) is 1. The van der Waals surface area contributed by atoms with Gasteiger partial charge in [-0.25, -0.2) is 9.59 Å². The Labute approximate surface area is 158 Å². The molecule has 1 aliphatic rings. The normalized spacial score (nSPS) is 13.0. The Morgan fingerprint density at radius 1 is 1.15 bits per heavy atom. The Kier molecular flexibility index (Phi) is 8.00. The third-order valence-corrected chi connectivity index (χ3v) is 3.94. The van der Waals surface area contributed by atoms with Gasteiger partial charge in [-0.05, 0) is 38.0 Å². The summed E-state index contributed by atoms with van der Waals surface area (Å²) in [4.78, 5) is 25.1. The molecule has 9 nitrogen and oxygen atoms in total. The van der Waals surface area contributed by atoms with Crippen LogP contribution in [0.2, 0.25) is 0 Å². The van der Waals surface area contributed by atoms with Gasteiger partial charge in [0.05, 0.1) is 6.61 Å². The van der Waals surface area contributed by atoms with Gasteiger partial charge >= 0.3 is 12.2 Å². The molecule has 1 unspecified atom stereocenters. The van der Waals surface area contributed by atoms with E-state index in [9.17, 15) is 9.59 Å². The second-order valence-corrected chi connectivity index (χ2v) is 5.79. The van der Waals surface area contributed by atoms with Crippen molar-refractivity contribution in [3.63, 3.8) is 0 Å². The summed E-state index contributed by atoms with van der Waals surface area (Å²) in [6, 6.07) is 5.55.